The van der Waals surface area contributed by atoms with Crippen LogP contribution in [0.1, 0.15) is 6.92 Å². The van der Waals surface area contributed by atoms with Gasteiger partial charge in [-0.2, -0.15) is 0 Å². The molecule has 0 aliphatic heterocycles. The van der Waals surface area contributed by atoms with Crippen molar-refractivity contribution in [3.05, 3.63) is 12.2 Å². The van der Waals surface area contributed by atoms with Gasteiger partial charge in [-0.3, -0.25) is 4.79 Å². The van der Waals surface area contributed by atoms with E-state index in [0.29, 0.717) is 5.57 Å². The molecule has 0 aromatic rings. The Hall–Kier alpha value is -0.770. The van der Waals surface area contributed by atoms with Crippen LogP contribution in [0, 0.1) is 0 Å². The Morgan fingerprint density at radius 2 is 1.70 bits per heavy atom. The Morgan fingerprint density at radius 3 is 1.70 bits per heavy atom. The van der Waals surface area contributed by atoms with Crippen LogP contribution < -0.4 is 5.73 Å². The molecule has 0 radical (unpaired) electrons. The fourth-order valence-corrected chi connectivity index (χ4v) is 0. The lowest BCUT2D eigenvalue weighted by molar-refractivity contribution is -0.114. The number of rotatable bonds is 1. The van der Waals surface area contributed by atoms with Gasteiger partial charge in [0.2, 0.25) is 5.91 Å². The smallest absolute Gasteiger partial charge is 0.366 e. The molecular formula is C4H9NO4P+. The summed E-state index contributed by atoms with van der Waals surface area (Å²) in [5, 5.41) is 0. The van der Waals surface area contributed by atoms with Gasteiger partial charge in [0.1, 0.15) is 0 Å². The van der Waals surface area contributed by atoms with Gasteiger partial charge in [0.25, 0.3) is 0 Å². The van der Waals surface area contributed by atoms with Gasteiger partial charge >= 0.3 is 8.25 Å². The monoisotopic (exact) mass is 166 g/mol. The second-order valence-corrected chi connectivity index (χ2v) is 1.90. The van der Waals surface area contributed by atoms with Crippen molar-refractivity contribution in [2.45, 2.75) is 6.92 Å². The van der Waals surface area contributed by atoms with Gasteiger partial charge in [-0.25, -0.2) is 0 Å². The van der Waals surface area contributed by atoms with Crippen molar-refractivity contribution in [1.29, 1.82) is 0 Å². The van der Waals surface area contributed by atoms with E-state index in [0.717, 1.165) is 0 Å². The van der Waals surface area contributed by atoms with Crippen LogP contribution in [-0.4, -0.2) is 15.7 Å². The minimum Gasteiger partial charge on any atom is -0.366 e. The predicted molar refractivity (Wildman–Crippen MR) is 36.1 cm³/mol. The molecule has 0 aliphatic rings. The van der Waals surface area contributed by atoms with E-state index in [9.17, 15) is 4.79 Å². The maximum atomic E-state index is 9.82. The quantitative estimate of drug-likeness (QED) is 0.367. The van der Waals surface area contributed by atoms with Gasteiger partial charge in [0.15, 0.2) is 0 Å². The molecule has 0 bridgehead atoms. The van der Waals surface area contributed by atoms with Crippen molar-refractivity contribution in [3.63, 3.8) is 0 Å². The molecule has 0 rings (SSSR count). The topological polar surface area (TPSA) is 101 Å². The van der Waals surface area contributed by atoms with Crippen LogP contribution in [0.5, 0.6) is 0 Å². The maximum absolute atomic E-state index is 9.82. The van der Waals surface area contributed by atoms with E-state index in [4.69, 9.17) is 20.1 Å². The van der Waals surface area contributed by atoms with Gasteiger partial charge in [0.05, 0.1) is 0 Å². The van der Waals surface area contributed by atoms with Gasteiger partial charge in [-0.1, -0.05) is 6.58 Å². The number of primary amides is 1. The number of hydrogen-bond donors (Lipinski definition) is 3. The summed E-state index contributed by atoms with van der Waals surface area (Å²) in [4.78, 5) is 24.1. The molecule has 0 fully saturated rings. The summed E-state index contributed by atoms with van der Waals surface area (Å²) in [5.74, 6) is -0.435. The van der Waals surface area contributed by atoms with Crippen LogP contribution in [0.25, 0.3) is 0 Å². The molecule has 0 heterocycles. The molecule has 6 heteroatoms. The van der Waals surface area contributed by atoms with Crippen LogP contribution >= 0.6 is 8.25 Å². The van der Waals surface area contributed by atoms with Crippen molar-refractivity contribution in [3.8, 4) is 0 Å². The van der Waals surface area contributed by atoms with E-state index in [1.54, 1.807) is 6.92 Å². The lowest BCUT2D eigenvalue weighted by Crippen LogP contribution is -2.10. The molecular weight excluding hydrogens is 157 g/mol. The van der Waals surface area contributed by atoms with Crippen molar-refractivity contribution in [2.75, 3.05) is 0 Å². The number of nitrogens with two attached hydrogens (primary N) is 1. The summed E-state index contributed by atoms with van der Waals surface area (Å²) in [6, 6.07) is 0. The van der Waals surface area contributed by atoms with Gasteiger partial charge < -0.3 is 5.73 Å². The third-order valence-corrected chi connectivity index (χ3v) is 0.421. The Balaban J connectivity index is 0. The normalized spacial score (nSPS) is 7.10. The number of hydrogen-bond acceptors (Lipinski definition) is 2. The molecule has 58 valence electrons. The second kappa shape index (κ2) is 6.35. The summed E-state index contributed by atoms with van der Waals surface area (Å²) in [6.45, 7) is 4.85. The molecule has 0 unspecified atom stereocenters. The fraction of sp³-hybridized carbons (Fsp3) is 0.250. The highest BCUT2D eigenvalue weighted by Crippen LogP contribution is 1.98. The fourth-order valence-electron chi connectivity index (χ4n) is 0. The summed E-state index contributed by atoms with van der Waals surface area (Å²) in [5.41, 5.74) is 5.09. The Kier molecular flexibility index (Phi) is 7.60. The first-order valence-corrected chi connectivity index (χ1v) is 3.34. The SMILES string of the molecule is C=C(C)C(N)=O.O=[P+](O)O. The predicted octanol–water partition coefficient (Wildman–Crippen LogP) is -0.324. The van der Waals surface area contributed by atoms with Crippen LogP contribution in [0.15, 0.2) is 12.2 Å². The maximum Gasteiger partial charge on any atom is 0.692 e. The molecule has 0 spiro atoms. The van der Waals surface area contributed by atoms with E-state index in [2.05, 4.69) is 6.58 Å². The summed E-state index contributed by atoms with van der Waals surface area (Å²) in [6.07, 6.45) is 0. The largest absolute Gasteiger partial charge is 0.692 e. The highest BCUT2D eigenvalue weighted by Gasteiger charge is 1.93. The zero-order chi connectivity index (χ0) is 8.73. The first-order chi connectivity index (χ1) is 4.37. The summed E-state index contributed by atoms with van der Waals surface area (Å²) >= 11 is 0. The molecule has 10 heavy (non-hydrogen) atoms. The average molecular weight is 166 g/mol. The minimum atomic E-state index is -2.87. The third-order valence-electron chi connectivity index (χ3n) is 0.421. The molecule has 0 aromatic carbocycles. The molecule has 0 atom stereocenters. The zero-order valence-corrected chi connectivity index (χ0v) is 6.34. The highest BCUT2D eigenvalue weighted by atomic mass is 31.1. The van der Waals surface area contributed by atoms with Gasteiger partial charge in [-0.15, -0.1) is 9.79 Å². The first kappa shape index (κ1) is 12.0. The highest BCUT2D eigenvalue weighted by molar-refractivity contribution is 7.30. The van der Waals surface area contributed by atoms with Crippen LogP contribution in [0.4, 0.5) is 0 Å². The van der Waals surface area contributed by atoms with Crippen molar-refractivity contribution in [2.24, 2.45) is 5.73 Å². The Labute approximate surface area is 59.1 Å². The third kappa shape index (κ3) is 26.9. The number of amides is 1. The zero-order valence-electron chi connectivity index (χ0n) is 5.44. The minimum absolute atomic E-state index is 0.398. The van der Waals surface area contributed by atoms with Crippen molar-refractivity contribution < 1.29 is 19.1 Å². The van der Waals surface area contributed by atoms with Crippen LogP contribution in [0.3, 0.4) is 0 Å². The van der Waals surface area contributed by atoms with E-state index in [-0.39, 0.29) is 0 Å². The molecule has 0 aromatic heterocycles. The van der Waals surface area contributed by atoms with Crippen LogP contribution in [0.2, 0.25) is 0 Å². The van der Waals surface area contributed by atoms with Gasteiger partial charge in [-0.05, 0) is 6.92 Å². The lowest BCUT2D eigenvalue weighted by Gasteiger charge is -1.81. The van der Waals surface area contributed by atoms with Crippen molar-refractivity contribution in [1.82, 2.24) is 0 Å². The van der Waals surface area contributed by atoms with E-state index < -0.39 is 14.2 Å². The molecule has 0 saturated carbocycles. The molecule has 4 N–H and O–H groups in total. The van der Waals surface area contributed by atoms with Crippen molar-refractivity contribution >= 4 is 14.2 Å². The summed E-state index contributed by atoms with van der Waals surface area (Å²) in [7, 11) is -2.87. The van der Waals surface area contributed by atoms with E-state index in [1.807, 2.05) is 0 Å². The van der Waals surface area contributed by atoms with Gasteiger partial charge in [0, 0.05) is 10.1 Å². The molecule has 0 aliphatic carbocycles. The average Bonchev–Trinajstić information content (AvgIpc) is 1.63. The number of carbonyl (C=O) groups excluding carboxylic acids is 1. The molecule has 5 nitrogen and oxygen atoms in total. The lowest BCUT2D eigenvalue weighted by atomic mass is 10.3. The second-order valence-electron chi connectivity index (χ2n) is 1.40. The molecule has 1 amide bonds. The Bertz CT molecular complexity index is 139. The first-order valence-electron chi connectivity index (χ1n) is 2.18. The Morgan fingerprint density at radius 1 is 1.60 bits per heavy atom. The van der Waals surface area contributed by atoms with E-state index in [1.165, 1.54) is 0 Å². The summed E-state index contributed by atoms with van der Waals surface area (Å²) < 4.78 is 8.70. The number of carbonyl (C=O) groups is 1. The van der Waals surface area contributed by atoms with Crippen LogP contribution in [-0.2, 0) is 9.36 Å². The molecule has 0 saturated heterocycles. The standard InChI is InChI=1S/C4H7NO.HO3P/c1-3(2)4(5)6;1-4(2)3/h1H2,2H3,(H2,5,6);(H-,1,2,3)/p+1. The van der Waals surface area contributed by atoms with E-state index >= 15 is 0 Å².